The molecule has 0 fully saturated rings. The summed E-state index contributed by atoms with van der Waals surface area (Å²) in [6.45, 7) is 9.71. The van der Waals surface area contributed by atoms with E-state index in [-0.39, 0.29) is 12.5 Å². The van der Waals surface area contributed by atoms with Gasteiger partial charge in [0.15, 0.2) is 0 Å². The number of rotatable bonds is 7. The predicted molar refractivity (Wildman–Crippen MR) is 79.7 cm³/mol. The van der Waals surface area contributed by atoms with E-state index < -0.39 is 0 Å². The molecule has 3 N–H and O–H groups in total. The molecule has 0 heterocycles. The molecular formula is C16H27NO2. The van der Waals surface area contributed by atoms with E-state index >= 15 is 0 Å². The van der Waals surface area contributed by atoms with Crippen LogP contribution >= 0.6 is 0 Å². The Kier molecular flexibility index (Phi) is 6.32. The van der Waals surface area contributed by atoms with Gasteiger partial charge in [0.05, 0.1) is 6.61 Å². The molecule has 1 aromatic carbocycles. The van der Waals surface area contributed by atoms with Crippen molar-refractivity contribution in [3.8, 4) is 5.75 Å². The highest BCUT2D eigenvalue weighted by Gasteiger charge is 2.18. The molecule has 0 saturated heterocycles. The van der Waals surface area contributed by atoms with Gasteiger partial charge in [-0.3, -0.25) is 0 Å². The molecule has 1 rings (SSSR count). The first-order chi connectivity index (χ1) is 9.03. The van der Waals surface area contributed by atoms with Gasteiger partial charge in [0.25, 0.3) is 0 Å². The molecule has 0 amide bonds. The van der Waals surface area contributed by atoms with Crippen molar-refractivity contribution >= 4 is 0 Å². The van der Waals surface area contributed by atoms with Gasteiger partial charge >= 0.3 is 0 Å². The van der Waals surface area contributed by atoms with Crippen LogP contribution in [0.15, 0.2) is 12.1 Å². The Hall–Kier alpha value is -1.06. The number of ether oxygens (including phenoxy) is 1. The van der Waals surface area contributed by atoms with Crippen LogP contribution in [0.1, 0.15) is 42.9 Å². The number of aryl methyl sites for hydroxylation is 2. The summed E-state index contributed by atoms with van der Waals surface area (Å²) in [5, 5.41) is 9.29. The van der Waals surface area contributed by atoms with Crippen molar-refractivity contribution in [3.05, 3.63) is 28.8 Å². The summed E-state index contributed by atoms with van der Waals surface area (Å²) in [7, 11) is 0. The molecule has 2 atom stereocenters. The fraction of sp³-hybridized carbons (Fsp3) is 0.625. The molecular weight excluding hydrogens is 238 g/mol. The van der Waals surface area contributed by atoms with Crippen molar-refractivity contribution in [3.63, 3.8) is 0 Å². The minimum Gasteiger partial charge on any atom is -0.493 e. The second kappa shape index (κ2) is 7.51. The predicted octanol–water partition coefficient (Wildman–Crippen LogP) is 2.76. The largest absolute Gasteiger partial charge is 0.493 e. The summed E-state index contributed by atoms with van der Waals surface area (Å²) in [5.74, 6) is 1.49. The minimum atomic E-state index is 0.148. The van der Waals surface area contributed by atoms with Crippen LogP contribution in [0.4, 0.5) is 0 Å². The Morgan fingerprint density at radius 2 is 2.00 bits per heavy atom. The van der Waals surface area contributed by atoms with Gasteiger partial charge in [0.1, 0.15) is 5.75 Å². The summed E-state index contributed by atoms with van der Waals surface area (Å²) in [6, 6.07) is 4.33. The Labute approximate surface area is 116 Å². The Bertz CT molecular complexity index is 400. The van der Waals surface area contributed by atoms with Crippen LogP contribution in [0, 0.1) is 19.8 Å². The highest BCUT2D eigenvalue weighted by Crippen LogP contribution is 2.34. The molecule has 0 radical (unpaired) electrons. The molecule has 19 heavy (non-hydrogen) atoms. The average molecular weight is 265 g/mol. The van der Waals surface area contributed by atoms with Crippen LogP contribution in [0.5, 0.6) is 5.75 Å². The molecule has 0 aromatic heterocycles. The first-order valence-corrected chi connectivity index (χ1v) is 7.08. The van der Waals surface area contributed by atoms with Crippen LogP contribution in [-0.4, -0.2) is 24.9 Å². The summed E-state index contributed by atoms with van der Waals surface area (Å²) in [6.07, 6.45) is 0.885. The van der Waals surface area contributed by atoms with Gasteiger partial charge in [-0.2, -0.15) is 0 Å². The highest BCUT2D eigenvalue weighted by molar-refractivity contribution is 5.45. The zero-order chi connectivity index (χ0) is 14.4. The lowest BCUT2D eigenvalue weighted by atomic mass is 9.88. The standard InChI is InChI=1S/C16H27NO2/c1-5-19-16-13(4)6-11(2)7-15(16)12(3)8-14(9-17)10-18/h6-7,12,14,18H,5,8-10,17H2,1-4H3. The molecule has 0 aliphatic heterocycles. The number of aliphatic hydroxyl groups is 1. The van der Waals surface area contributed by atoms with Crippen molar-refractivity contribution < 1.29 is 9.84 Å². The second-order valence-corrected chi connectivity index (χ2v) is 5.35. The smallest absolute Gasteiger partial charge is 0.125 e. The molecule has 1 aromatic rings. The monoisotopic (exact) mass is 265 g/mol. The van der Waals surface area contributed by atoms with E-state index in [1.54, 1.807) is 0 Å². The van der Waals surface area contributed by atoms with Crippen molar-refractivity contribution in [2.75, 3.05) is 19.8 Å². The summed E-state index contributed by atoms with van der Waals surface area (Å²) >= 11 is 0. The highest BCUT2D eigenvalue weighted by atomic mass is 16.5. The van der Waals surface area contributed by atoms with Crippen molar-refractivity contribution in [1.82, 2.24) is 0 Å². The Morgan fingerprint density at radius 3 is 2.53 bits per heavy atom. The van der Waals surface area contributed by atoms with Gasteiger partial charge < -0.3 is 15.6 Å². The number of hydrogen-bond acceptors (Lipinski definition) is 3. The van der Waals surface area contributed by atoms with Gasteiger partial charge in [-0.25, -0.2) is 0 Å². The fourth-order valence-electron chi connectivity index (χ4n) is 2.57. The van der Waals surface area contributed by atoms with Crippen LogP contribution in [-0.2, 0) is 0 Å². The lowest BCUT2D eigenvalue weighted by Crippen LogP contribution is -2.20. The van der Waals surface area contributed by atoms with E-state index in [9.17, 15) is 5.11 Å². The van der Waals surface area contributed by atoms with Gasteiger partial charge in [0, 0.05) is 6.61 Å². The second-order valence-electron chi connectivity index (χ2n) is 5.35. The van der Waals surface area contributed by atoms with Crippen LogP contribution in [0.3, 0.4) is 0 Å². The third kappa shape index (κ3) is 4.22. The third-order valence-electron chi connectivity index (χ3n) is 3.55. The topological polar surface area (TPSA) is 55.5 Å². The molecule has 0 aliphatic rings. The molecule has 3 nitrogen and oxygen atoms in total. The fourth-order valence-corrected chi connectivity index (χ4v) is 2.57. The van der Waals surface area contributed by atoms with E-state index in [0.717, 1.165) is 12.2 Å². The van der Waals surface area contributed by atoms with Crippen molar-refractivity contribution in [2.45, 2.75) is 40.0 Å². The minimum absolute atomic E-state index is 0.148. The molecule has 0 spiro atoms. The van der Waals surface area contributed by atoms with E-state index in [4.69, 9.17) is 10.5 Å². The maximum absolute atomic E-state index is 9.29. The van der Waals surface area contributed by atoms with E-state index in [2.05, 4.69) is 32.9 Å². The zero-order valence-corrected chi connectivity index (χ0v) is 12.6. The molecule has 0 aliphatic carbocycles. The van der Waals surface area contributed by atoms with E-state index in [0.29, 0.717) is 19.1 Å². The van der Waals surface area contributed by atoms with Gasteiger partial charge in [-0.15, -0.1) is 0 Å². The number of hydrogen-bond donors (Lipinski definition) is 2. The molecule has 0 saturated carbocycles. The lowest BCUT2D eigenvalue weighted by molar-refractivity contribution is 0.216. The van der Waals surface area contributed by atoms with Gasteiger partial charge in [-0.1, -0.05) is 24.6 Å². The molecule has 2 unspecified atom stereocenters. The Balaban J connectivity index is 3.02. The zero-order valence-electron chi connectivity index (χ0n) is 12.6. The van der Waals surface area contributed by atoms with Crippen molar-refractivity contribution in [1.29, 1.82) is 0 Å². The lowest BCUT2D eigenvalue weighted by Gasteiger charge is -2.22. The average Bonchev–Trinajstić information content (AvgIpc) is 2.38. The maximum Gasteiger partial charge on any atom is 0.125 e. The molecule has 0 bridgehead atoms. The van der Waals surface area contributed by atoms with E-state index in [1.165, 1.54) is 16.7 Å². The normalized spacial score (nSPS) is 14.2. The quantitative estimate of drug-likeness (QED) is 0.797. The van der Waals surface area contributed by atoms with E-state index in [1.807, 2.05) is 6.92 Å². The first-order valence-electron chi connectivity index (χ1n) is 7.08. The number of benzene rings is 1. The summed E-state index contributed by atoms with van der Waals surface area (Å²) in [4.78, 5) is 0. The maximum atomic E-state index is 9.29. The van der Waals surface area contributed by atoms with Gasteiger partial charge in [0.2, 0.25) is 0 Å². The number of nitrogens with two attached hydrogens (primary N) is 1. The third-order valence-corrected chi connectivity index (χ3v) is 3.55. The van der Waals surface area contributed by atoms with Gasteiger partial charge in [-0.05, 0) is 56.7 Å². The van der Waals surface area contributed by atoms with Crippen LogP contribution in [0.2, 0.25) is 0 Å². The molecule has 108 valence electrons. The number of aliphatic hydroxyl groups excluding tert-OH is 1. The first kappa shape index (κ1) is 16.0. The SMILES string of the molecule is CCOc1c(C)cc(C)cc1C(C)CC(CN)CO. The summed E-state index contributed by atoms with van der Waals surface area (Å²) in [5.41, 5.74) is 9.33. The Morgan fingerprint density at radius 1 is 1.32 bits per heavy atom. The molecule has 3 heteroatoms. The van der Waals surface area contributed by atoms with Crippen LogP contribution < -0.4 is 10.5 Å². The van der Waals surface area contributed by atoms with Crippen molar-refractivity contribution in [2.24, 2.45) is 11.7 Å². The van der Waals surface area contributed by atoms with Crippen LogP contribution in [0.25, 0.3) is 0 Å². The summed E-state index contributed by atoms with van der Waals surface area (Å²) < 4.78 is 5.80.